The Morgan fingerprint density at radius 3 is 2.64 bits per heavy atom. The van der Waals surface area contributed by atoms with Crippen molar-refractivity contribution in [3.05, 3.63) is 0 Å². The summed E-state index contributed by atoms with van der Waals surface area (Å²) in [4.78, 5) is 15.3. The summed E-state index contributed by atoms with van der Waals surface area (Å²) in [6, 6.07) is 0.506. The highest BCUT2D eigenvalue weighted by Gasteiger charge is 2.18. The van der Waals surface area contributed by atoms with Gasteiger partial charge in [-0.2, -0.15) is 0 Å². The van der Waals surface area contributed by atoms with E-state index in [1.807, 2.05) is 30.9 Å². The van der Waals surface area contributed by atoms with Crippen molar-refractivity contribution in [2.24, 2.45) is 0 Å². The number of likely N-dealkylation sites (N-methyl/N-ethyl adjacent to an activating group) is 2. The first kappa shape index (κ1) is 11.5. The Balaban J connectivity index is 2.25. The standard InChI is InChI=1S/C10H21N3O/c1-12(2)8-10(14)13(3)7-9-5-4-6-11-9/h9,11H,4-8H2,1-3H3. The fraction of sp³-hybridized carbons (Fsp3) is 0.900. The minimum absolute atomic E-state index is 0.198. The molecule has 0 aromatic carbocycles. The molecule has 14 heavy (non-hydrogen) atoms. The Morgan fingerprint density at radius 2 is 2.14 bits per heavy atom. The molecule has 0 spiro atoms. The molecule has 1 aliphatic rings. The molecular weight excluding hydrogens is 178 g/mol. The normalized spacial score (nSPS) is 21.6. The van der Waals surface area contributed by atoms with Gasteiger partial charge in [0.1, 0.15) is 0 Å². The van der Waals surface area contributed by atoms with Crippen LogP contribution in [0.3, 0.4) is 0 Å². The third-order valence-electron chi connectivity index (χ3n) is 2.53. The van der Waals surface area contributed by atoms with Crippen LogP contribution in [0.1, 0.15) is 12.8 Å². The van der Waals surface area contributed by atoms with Crippen LogP contribution in [0.15, 0.2) is 0 Å². The molecule has 1 saturated heterocycles. The summed E-state index contributed by atoms with van der Waals surface area (Å²) in [5.74, 6) is 0.198. The molecule has 0 radical (unpaired) electrons. The number of nitrogens with one attached hydrogen (secondary N) is 1. The number of amides is 1. The lowest BCUT2D eigenvalue weighted by atomic mass is 10.2. The molecule has 0 aromatic rings. The van der Waals surface area contributed by atoms with E-state index in [1.54, 1.807) is 0 Å². The fourth-order valence-corrected chi connectivity index (χ4v) is 1.74. The molecular formula is C10H21N3O. The second-order valence-electron chi connectivity index (χ2n) is 4.31. The smallest absolute Gasteiger partial charge is 0.236 e. The highest BCUT2D eigenvalue weighted by Crippen LogP contribution is 2.06. The highest BCUT2D eigenvalue weighted by molar-refractivity contribution is 5.77. The molecule has 1 aliphatic heterocycles. The summed E-state index contributed by atoms with van der Waals surface area (Å²) in [7, 11) is 5.71. The Kier molecular flexibility index (Phi) is 4.35. The SMILES string of the molecule is CN(C)CC(=O)N(C)CC1CCCN1. The van der Waals surface area contributed by atoms with E-state index < -0.39 is 0 Å². The third-order valence-corrected chi connectivity index (χ3v) is 2.53. The average Bonchev–Trinajstić information content (AvgIpc) is 2.55. The van der Waals surface area contributed by atoms with E-state index in [2.05, 4.69) is 5.32 Å². The van der Waals surface area contributed by atoms with Crippen molar-refractivity contribution in [2.45, 2.75) is 18.9 Å². The Hall–Kier alpha value is -0.610. The van der Waals surface area contributed by atoms with Gasteiger partial charge in [-0.3, -0.25) is 4.79 Å². The van der Waals surface area contributed by atoms with Crippen LogP contribution in [0.2, 0.25) is 0 Å². The minimum atomic E-state index is 0.198. The van der Waals surface area contributed by atoms with Crippen molar-refractivity contribution in [3.8, 4) is 0 Å². The minimum Gasteiger partial charge on any atom is -0.343 e. The van der Waals surface area contributed by atoms with Crippen LogP contribution in [0.4, 0.5) is 0 Å². The van der Waals surface area contributed by atoms with E-state index in [4.69, 9.17) is 0 Å². The lowest BCUT2D eigenvalue weighted by molar-refractivity contribution is -0.130. The van der Waals surface area contributed by atoms with Gasteiger partial charge in [0.25, 0.3) is 0 Å². The first-order valence-electron chi connectivity index (χ1n) is 5.21. The number of nitrogens with zero attached hydrogens (tertiary/aromatic N) is 2. The van der Waals surface area contributed by atoms with Crippen LogP contribution >= 0.6 is 0 Å². The third kappa shape index (κ3) is 3.64. The molecule has 0 bridgehead atoms. The first-order valence-corrected chi connectivity index (χ1v) is 5.21. The van der Waals surface area contributed by atoms with E-state index in [-0.39, 0.29) is 5.91 Å². The van der Waals surface area contributed by atoms with Crippen molar-refractivity contribution >= 4 is 5.91 Å². The van der Waals surface area contributed by atoms with Gasteiger partial charge in [-0.25, -0.2) is 0 Å². The second kappa shape index (κ2) is 5.32. The molecule has 1 atom stereocenters. The molecule has 82 valence electrons. The van der Waals surface area contributed by atoms with Crippen molar-refractivity contribution in [1.82, 2.24) is 15.1 Å². The van der Waals surface area contributed by atoms with Gasteiger partial charge < -0.3 is 15.1 Å². The quantitative estimate of drug-likeness (QED) is 0.678. The molecule has 0 saturated carbocycles. The van der Waals surface area contributed by atoms with Crippen LogP contribution in [0.25, 0.3) is 0 Å². The van der Waals surface area contributed by atoms with E-state index in [1.165, 1.54) is 12.8 Å². The maximum Gasteiger partial charge on any atom is 0.236 e. The zero-order chi connectivity index (χ0) is 10.6. The van der Waals surface area contributed by atoms with Crippen LogP contribution in [-0.2, 0) is 4.79 Å². The zero-order valence-electron chi connectivity index (χ0n) is 9.42. The van der Waals surface area contributed by atoms with E-state index in [9.17, 15) is 4.79 Å². The predicted octanol–water partition coefficient (Wildman–Crippen LogP) is -0.242. The second-order valence-corrected chi connectivity index (χ2v) is 4.31. The number of carbonyl (C=O) groups excluding carboxylic acids is 1. The van der Waals surface area contributed by atoms with Crippen molar-refractivity contribution in [3.63, 3.8) is 0 Å². The van der Waals surface area contributed by atoms with Crippen LogP contribution in [0.5, 0.6) is 0 Å². The Morgan fingerprint density at radius 1 is 1.43 bits per heavy atom. The molecule has 1 unspecified atom stereocenters. The van der Waals surface area contributed by atoms with Gasteiger partial charge in [-0.15, -0.1) is 0 Å². The van der Waals surface area contributed by atoms with Gasteiger partial charge in [-0.1, -0.05) is 0 Å². The highest BCUT2D eigenvalue weighted by atomic mass is 16.2. The van der Waals surface area contributed by atoms with Crippen molar-refractivity contribution < 1.29 is 4.79 Å². The summed E-state index contributed by atoms with van der Waals surface area (Å²) < 4.78 is 0. The van der Waals surface area contributed by atoms with E-state index in [0.29, 0.717) is 12.6 Å². The van der Waals surface area contributed by atoms with Gasteiger partial charge in [-0.05, 0) is 33.5 Å². The summed E-state index contributed by atoms with van der Waals surface area (Å²) in [5.41, 5.74) is 0. The number of hydrogen-bond donors (Lipinski definition) is 1. The average molecular weight is 199 g/mol. The molecule has 4 nitrogen and oxygen atoms in total. The molecule has 1 fully saturated rings. The van der Waals surface area contributed by atoms with Crippen LogP contribution < -0.4 is 5.32 Å². The summed E-state index contributed by atoms with van der Waals surface area (Å²) >= 11 is 0. The van der Waals surface area contributed by atoms with Crippen LogP contribution in [-0.4, -0.2) is 62.5 Å². The molecule has 4 heteroatoms. The van der Waals surface area contributed by atoms with Crippen LogP contribution in [0, 0.1) is 0 Å². The van der Waals surface area contributed by atoms with Crippen molar-refractivity contribution in [2.75, 3.05) is 40.8 Å². The predicted molar refractivity (Wildman–Crippen MR) is 57.2 cm³/mol. The number of rotatable bonds is 4. The molecule has 1 heterocycles. The summed E-state index contributed by atoms with van der Waals surface area (Å²) in [5, 5.41) is 3.39. The van der Waals surface area contributed by atoms with Gasteiger partial charge in [0, 0.05) is 19.6 Å². The Bertz CT molecular complexity index is 188. The Labute approximate surface area is 86.2 Å². The summed E-state index contributed by atoms with van der Waals surface area (Å²) in [6.45, 7) is 2.44. The molecule has 1 rings (SSSR count). The lowest BCUT2D eigenvalue weighted by Gasteiger charge is -2.22. The van der Waals surface area contributed by atoms with Gasteiger partial charge in [0.2, 0.25) is 5.91 Å². The largest absolute Gasteiger partial charge is 0.343 e. The van der Waals surface area contributed by atoms with E-state index in [0.717, 1.165) is 13.1 Å². The maximum absolute atomic E-state index is 11.6. The number of hydrogen-bond acceptors (Lipinski definition) is 3. The van der Waals surface area contributed by atoms with Gasteiger partial charge in [0.05, 0.1) is 6.54 Å². The van der Waals surface area contributed by atoms with E-state index >= 15 is 0 Å². The lowest BCUT2D eigenvalue weighted by Crippen LogP contribution is -2.42. The molecule has 0 aliphatic carbocycles. The first-order chi connectivity index (χ1) is 6.59. The summed E-state index contributed by atoms with van der Waals surface area (Å²) in [6.07, 6.45) is 2.43. The topological polar surface area (TPSA) is 35.6 Å². The molecule has 1 N–H and O–H groups in total. The fourth-order valence-electron chi connectivity index (χ4n) is 1.74. The molecule has 1 amide bonds. The number of carbonyl (C=O) groups is 1. The zero-order valence-corrected chi connectivity index (χ0v) is 9.42. The van der Waals surface area contributed by atoms with Gasteiger partial charge >= 0.3 is 0 Å². The monoisotopic (exact) mass is 199 g/mol. The van der Waals surface area contributed by atoms with Crippen molar-refractivity contribution in [1.29, 1.82) is 0 Å². The maximum atomic E-state index is 11.6. The van der Waals surface area contributed by atoms with Gasteiger partial charge in [0.15, 0.2) is 0 Å². The molecule has 0 aromatic heterocycles.